The van der Waals surface area contributed by atoms with Crippen molar-refractivity contribution in [3.63, 3.8) is 0 Å². The van der Waals surface area contributed by atoms with E-state index in [1.165, 1.54) is 5.56 Å². The Morgan fingerprint density at radius 2 is 1.76 bits per heavy atom. The highest BCUT2D eigenvalue weighted by atomic mass is 16.4. The molecule has 0 atom stereocenters. The maximum atomic E-state index is 12.9. The normalized spacial score (nSPS) is 16.1. The molecular weight excluding hydrogens is 488 g/mol. The molecule has 1 aromatic carbocycles. The van der Waals surface area contributed by atoms with Crippen molar-refractivity contribution in [3.8, 4) is 0 Å². The summed E-state index contributed by atoms with van der Waals surface area (Å²) in [6.45, 7) is 3.23. The standard InChI is InChI=1S/C29H34N2O7/c1-17-19(8-9-26(32)31-13-10-18(11-14-31)28(35)30-12-4-7-27(33)34)29(36)38-24-16-25-22(15-21(17)24)20-5-2-3-6-23(20)37-25/h15-16,18H,2-14H2,1H3,(H,30,35)(H,33,34). The quantitative estimate of drug-likeness (QED) is 0.339. The summed E-state index contributed by atoms with van der Waals surface area (Å²) in [5, 5.41) is 13.5. The highest BCUT2D eigenvalue weighted by molar-refractivity contribution is 5.97. The lowest BCUT2D eigenvalue weighted by Crippen LogP contribution is -2.43. The van der Waals surface area contributed by atoms with Crippen LogP contribution in [0.1, 0.15) is 67.4 Å². The van der Waals surface area contributed by atoms with Crippen LogP contribution in [0.15, 0.2) is 25.8 Å². The molecule has 38 heavy (non-hydrogen) atoms. The molecular formula is C29H34N2O7. The van der Waals surface area contributed by atoms with Gasteiger partial charge in [-0.2, -0.15) is 0 Å². The van der Waals surface area contributed by atoms with E-state index in [0.717, 1.165) is 53.4 Å². The number of hydrogen-bond donors (Lipinski definition) is 2. The summed E-state index contributed by atoms with van der Waals surface area (Å²) < 4.78 is 11.7. The Kier molecular flexibility index (Phi) is 7.53. The number of aryl methyl sites for hydroxylation is 3. The molecule has 2 aromatic heterocycles. The number of carboxylic acids is 1. The van der Waals surface area contributed by atoms with Crippen LogP contribution in [-0.2, 0) is 33.6 Å². The van der Waals surface area contributed by atoms with Gasteiger partial charge in [-0.3, -0.25) is 14.4 Å². The molecule has 5 rings (SSSR count). The monoisotopic (exact) mass is 522 g/mol. The maximum Gasteiger partial charge on any atom is 0.339 e. The number of piperidine rings is 1. The van der Waals surface area contributed by atoms with Crippen molar-refractivity contribution in [2.75, 3.05) is 19.6 Å². The number of furan rings is 1. The van der Waals surface area contributed by atoms with Crippen molar-refractivity contribution >= 4 is 39.7 Å². The van der Waals surface area contributed by atoms with Crippen LogP contribution in [0, 0.1) is 12.8 Å². The molecule has 2 aliphatic rings. The van der Waals surface area contributed by atoms with E-state index in [4.69, 9.17) is 13.9 Å². The van der Waals surface area contributed by atoms with E-state index >= 15 is 0 Å². The first-order valence-electron chi connectivity index (χ1n) is 13.6. The second kappa shape index (κ2) is 11.0. The van der Waals surface area contributed by atoms with Crippen molar-refractivity contribution in [3.05, 3.63) is 45.0 Å². The molecule has 1 aliphatic carbocycles. The lowest BCUT2D eigenvalue weighted by molar-refractivity contribution is -0.137. The van der Waals surface area contributed by atoms with Gasteiger partial charge in [-0.25, -0.2) is 4.79 Å². The summed E-state index contributed by atoms with van der Waals surface area (Å²) in [6.07, 6.45) is 6.26. The largest absolute Gasteiger partial charge is 0.481 e. The molecule has 2 amide bonds. The minimum atomic E-state index is -0.878. The fourth-order valence-electron chi connectivity index (χ4n) is 5.81. The Hall–Kier alpha value is -3.62. The molecule has 0 spiro atoms. The van der Waals surface area contributed by atoms with E-state index in [-0.39, 0.29) is 30.6 Å². The number of rotatable bonds is 8. The number of carboxylic acid groups (broad SMARTS) is 1. The molecule has 0 unspecified atom stereocenters. The molecule has 2 N–H and O–H groups in total. The van der Waals surface area contributed by atoms with Gasteiger partial charge in [-0.05, 0) is 63.5 Å². The van der Waals surface area contributed by atoms with Gasteiger partial charge in [0.1, 0.15) is 16.9 Å². The number of nitrogens with one attached hydrogen (secondary N) is 1. The number of carbonyl (C=O) groups excluding carboxylic acids is 2. The summed E-state index contributed by atoms with van der Waals surface area (Å²) >= 11 is 0. The van der Waals surface area contributed by atoms with Crippen LogP contribution in [-0.4, -0.2) is 47.4 Å². The van der Waals surface area contributed by atoms with Crippen LogP contribution in [0.25, 0.3) is 21.9 Å². The first-order valence-corrected chi connectivity index (χ1v) is 13.6. The average Bonchev–Trinajstić information content (AvgIpc) is 3.27. The van der Waals surface area contributed by atoms with Gasteiger partial charge in [0.2, 0.25) is 11.8 Å². The smallest absolute Gasteiger partial charge is 0.339 e. The minimum Gasteiger partial charge on any atom is -0.481 e. The lowest BCUT2D eigenvalue weighted by Gasteiger charge is -2.31. The second-order valence-corrected chi connectivity index (χ2v) is 10.5. The van der Waals surface area contributed by atoms with Gasteiger partial charge in [-0.15, -0.1) is 0 Å². The Morgan fingerprint density at radius 1 is 1.03 bits per heavy atom. The van der Waals surface area contributed by atoms with E-state index < -0.39 is 11.6 Å². The molecule has 0 saturated carbocycles. The van der Waals surface area contributed by atoms with Gasteiger partial charge in [0, 0.05) is 72.8 Å². The van der Waals surface area contributed by atoms with E-state index in [1.54, 1.807) is 4.90 Å². The second-order valence-electron chi connectivity index (χ2n) is 10.5. The van der Waals surface area contributed by atoms with E-state index in [1.807, 2.05) is 13.0 Å². The van der Waals surface area contributed by atoms with Crippen LogP contribution < -0.4 is 10.9 Å². The highest BCUT2D eigenvalue weighted by Crippen LogP contribution is 2.35. The minimum absolute atomic E-state index is 0.0257. The summed E-state index contributed by atoms with van der Waals surface area (Å²) in [7, 11) is 0. The van der Waals surface area contributed by atoms with Crippen molar-refractivity contribution in [1.82, 2.24) is 10.2 Å². The van der Waals surface area contributed by atoms with Crippen molar-refractivity contribution in [1.29, 1.82) is 0 Å². The number of benzene rings is 1. The Labute approximate surface area is 220 Å². The number of fused-ring (bicyclic) bond motifs is 4. The third-order valence-corrected chi connectivity index (χ3v) is 8.04. The molecule has 3 heterocycles. The average molecular weight is 523 g/mol. The molecule has 9 heteroatoms. The third kappa shape index (κ3) is 5.33. The zero-order chi connectivity index (χ0) is 26.8. The van der Waals surface area contributed by atoms with E-state index in [0.29, 0.717) is 56.5 Å². The zero-order valence-corrected chi connectivity index (χ0v) is 21.8. The molecule has 9 nitrogen and oxygen atoms in total. The van der Waals surface area contributed by atoms with Crippen molar-refractivity contribution in [2.24, 2.45) is 5.92 Å². The molecule has 202 valence electrons. The van der Waals surface area contributed by atoms with Crippen LogP contribution in [0.3, 0.4) is 0 Å². The van der Waals surface area contributed by atoms with Crippen LogP contribution in [0.2, 0.25) is 0 Å². The summed E-state index contributed by atoms with van der Waals surface area (Å²) in [6, 6.07) is 3.89. The number of likely N-dealkylation sites (tertiary alicyclic amines) is 1. The van der Waals surface area contributed by atoms with Crippen molar-refractivity contribution < 1.29 is 28.3 Å². The molecule has 0 bridgehead atoms. The van der Waals surface area contributed by atoms with Crippen LogP contribution in [0.5, 0.6) is 0 Å². The Balaban J connectivity index is 1.21. The Bertz CT molecular complexity index is 1440. The third-order valence-electron chi connectivity index (χ3n) is 8.04. The number of hydrogen-bond acceptors (Lipinski definition) is 6. The molecule has 1 saturated heterocycles. The van der Waals surface area contributed by atoms with E-state index in [9.17, 15) is 19.2 Å². The zero-order valence-electron chi connectivity index (χ0n) is 21.8. The summed E-state index contributed by atoms with van der Waals surface area (Å²) in [4.78, 5) is 50.5. The number of nitrogens with zero attached hydrogens (tertiary/aromatic N) is 1. The Morgan fingerprint density at radius 3 is 2.53 bits per heavy atom. The number of carbonyl (C=O) groups is 3. The first kappa shape index (κ1) is 26.0. The molecule has 1 fully saturated rings. The lowest BCUT2D eigenvalue weighted by atomic mass is 9.94. The van der Waals surface area contributed by atoms with Gasteiger partial charge in [0.15, 0.2) is 0 Å². The SMILES string of the molecule is Cc1c(CCC(=O)N2CCC(C(=O)NCCCC(=O)O)CC2)c(=O)oc2cc3oc4c(c3cc12)CCCC4. The predicted octanol–water partition coefficient (Wildman–Crippen LogP) is 3.88. The number of aliphatic carboxylic acids is 1. The summed E-state index contributed by atoms with van der Waals surface area (Å²) in [5.41, 5.74) is 3.47. The summed E-state index contributed by atoms with van der Waals surface area (Å²) in [5.74, 6) is -0.143. The fourth-order valence-corrected chi connectivity index (χ4v) is 5.81. The van der Waals surface area contributed by atoms with Crippen LogP contribution in [0.4, 0.5) is 0 Å². The van der Waals surface area contributed by atoms with E-state index in [2.05, 4.69) is 11.4 Å². The van der Waals surface area contributed by atoms with Gasteiger partial charge in [-0.1, -0.05) is 0 Å². The highest BCUT2D eigenvalue weighted by Gasteiger charge is 2.27. The maximum absolute atomic E-state index is 12.9. The van der Waals surface area contributed by atoms with Gasteiger partial charge < -0.3 is 24.2 Å². The molecule has 1 aliphatic heterocycles. The molecule has 0 radical (unpaired) electrons. The number of amides is 2. The first-order chi connectivity index (χ1) is 18.3. The van der Waals surface area contributed by atoms with Gasteiger partial charge >= 0.3 is 11.6 Å². The van der Waals surface area contributed by atoms with Gasteiger partial charge in [0.25, 0.3) is 0 Å². The fraction of sp³-hybridized carbons (Fsp3) is 0.517. The van der Waals surface area contributed by atoms with Gasteiger partial charge in [0.05, 0.1) is 0 Å². The predicted molar refractivity (Wildman–Crippen MR) is 141 cm³/mol. The topological polar surface area (TPSA) is 130 Å². The van der Waals surface area contributed by atoms with Crippen LogP contribution >= 0.6 is 0 Å². The van der Waals surface area contributed by atoms with Crippen molar-refractivity contribution in [2.45, 2.75) is 71.1 Å². The molecule has 3 aromatic rings.